The van der Waals surface area contributed by atoms with Crippen LogP contribution in [0.3, 0.4) is 0 Å². The molecule has 0 spiro atoms. The molecule has 1 aromatic rings. The van der Waals surface area contributed by atoms with Gasteiger partial charge in [0.15, 0.2) is 0 Å². The molecule has 0 unspecified atom stereocenters. The molecule has 0 radical (unpaired) electrons. The van der Waals surface area contributed by atoms with E-state index in [2.05, 4.69) is 17.5 Å². The van der Waals surface area contributed by atoms with Crippen molar-refractivity contribution in [3.63, 3.8) is 0 Å². The van der Waals surface area contributed by atoms with Gasteiger partial charge in [-0.2, -0.15) is 0 Å². The van der Waals surface area contributed by atoms with Crippen LogP contribution < -0.4 is 4.72 Å². The zero-order chi connectivity index (χ0) is 8.97. The highest BCUT2D eigenvalue weighted by molar-refractivity contribution is 7.78. The zero-order valence-electron chi connectivity index (χ0n) is 6.15. The molecule has 12 heavy (non-hydrogen) atoms. The Bertz CT molecular complexity index is 294. The maximum Gasteiger partial charge on any atom is 0.260 e. The van der Waals surface area contributed by atoms with Crippen LogP contribution in [0.4, 0.5) is 0 Å². The molecule has 0 aliphatic carbocycles. The van der Waals surface area contributed by atoms with Gasteiger partial charge in [-0.1, -0.05) is 24.9 Å². The number of aldehydes is 1. The molecule has 0 aliphatic heterocycles. The van der Waals surface area contributed by atoms with Gasteiger partial charge in [0.1, 0.15) is 6.29 Å². The Kier molecular flexibility index (Phi) is 2.88. The number of thiol groups is 1. The van der Waals surface area contributed by atoms with Crippen LogP contribution in [0.5, 0.6) is 0 Å². The highest BCUT2D eigenvalue weighted by Gasteiger charge is 2.01. The Morgan fingerprint density at radius 3 is 2.33 bits per heavy atom. The molecule has 1 amide bonds. The number of hydrogen-bond acceptors (Lipinski definition) is 3. The zero-order valence-corrected chi connectivity index (χ0v) is 7.04. The average Bonchev–Trinajstić information content (AvgIpc) is 2.17. The van der Waals surface area contributed by atoms with E-state index in [9.17, 15) is 9.59 Å². The molecule has 0 atom stereocenters. The van der Waals surface area contributed by atoms with E-state index in [0.29, 0.717) is 11.1 Å². The van der Waals surface area contributed by atoms with E-state index < -0.39 is 0 Å². The van der Waals surface area contributed by atoms with Crippen LogP contribution >= 0.6 is 12.8 Å². The van der Waals surface area contributed by atoms with E-state index in [0.717, 1.165) is 6.29 Å². The predicted octanol–water partition coefficient (Wildman–Crippen LogP) is 1.07. The second-order valence-corrected chi connectivity index (χ2v) is 2.40. The van der Waals surface area contributed by atoms with Crippen molar-refractivity contribution >= 4 is 25.0 Å². The quantitative estimate of drug-likeness (QED) is 0.529. The minimum Gasteiger partial charge on any atom is -0.299 e. The van der Waals surface area contributed by atoms with Crippen LogP contribution in [0.2, 0.25) is 0 Å². The summed E-state index contributed by atoms with van der Waals surface area (Å²) in [6.07, 6.45) is 0.725. The molecule has 0 bridgehead atoms. The lowest BCUT2D eigenvalue weighted by Crippen LogP contribution is -2.12. The maximum absolute atomic E-state index is 10.9. The number of amides is 1. The third-order valence-corrected chi connectivity index (χ3v) is 1.61. The first-order chi connectivity index (χ1) is 5.77. The van der Waals surface area contributed by atoms with E-state index in [4.69, 9.17) is 0 Å². The smallest absolute Gasteiger partial charge is 0.260 e. The molecule has 0 aliphatic rings. The second-order valence-electron chi connectivity index (χ2n) is 2.18. The Balaban J connectivity index is 2.91. The molecular weight excluding hydrogens is 174 g/mol. The largest absolute Gasteiger partial charge is 0.299 e. The van der Waals surface area contributed by atoms with E-state index in [1.165, 1.54) is 0 Å². The lowest BCUT2D eigenvalue weighted by Gasteiger charge is -1.97. The van der Waals surface area contributed by atoms with Gasteiger partial charge in [0.2, 0.25) is 0 Å². The lowest BCUT2D eigenvalue weighted by molar-refractivity contribution is 0.0984. The third kappa shape index (κ3) is 1.85. The SMILES string of the molecule is O=Cc1ccc(C(=O)NS)cc1. The standard InChI is InChI=1S/C8H7NO2S/c10-5-6-1-3-7(4-2-6)8(11)9-12/h1-5,12H,(H,9,11). The van der Waals surface area contributed by atoms with Gasteiger partial charge in [0.25, 0.3) is 5.91 Å². The Hall–Kier alpha value is -1.29. The molecule has 0 saturated carbocycles. The topological polar surface area (TPSA) is 46.2 Å². The third-order valence-electron chi connectivity index (χ3n) is 1.41. The van der Waals surface area contributed by atoms with Crippen molar-refractivity contribution in [2.75, 3.05) is 0 Å². The van der Waals surface area contributed by atoms with Crippen molar-refractivity contribution in [1.82, 2.24) is 4.72 Å². The normalized spacial score (nSPS) is 9.08. The summed E-state index contributed by atoms with van der Waals surface area (Å²) < 4.78 is 2.19. The summed E-state index contributed by atoms with van der Waals surface area (Å²) >= 11 is 3.61. The Labute approximate surface area is 75.3 Å². The number of benzene rings is 1. The first-order valence-corrected chi connectivity index (χ1v) is 3.72. The van der Waals surface area contributed by atoms with Gasteiger partial charge in [0.05, 0.1) is 0 Å². The van der Waals surface area contributed by atoms with Crippen LogP contribution in [-0.2, 0) is 0 Å². The molecular formula is C8H7NO2S. The minimum atomic E-state index is -0.282. The van der Waals surface area contributed by atoms with E-state index in [1.54, 1.807) is 24.3 Å². The molecule has 0 saturated heterocycles. The van der Waals surface area contributed by atoms with Crippen molar-refractivity contribution in [3.05, 3.63) is 35.4 Å². The van der Waals surface area contributed by atoms with Gasteiger partial charge in [-0.15, -0.1) is 0 Å². The monoisotopic (exact) mass is 181 g/mol. The van der Waals surface area contributed by atoms with Crippen LogP contribution in [0, 0.1) is 0 Å². The number of nitrogens with one attached hydrogen (secondary N) is 1. The first kappa shape index (κ1) is 8.80. The number of carbonyl (C=O) groups is 2. The minimum absolute atomic E-state index is 0.282. The summed E-state index contributed by atoms with van der Waals surface area (Å²) in [5.74, 6) is -0.282. The highest BCUT2D eigenvalue weighted by Crippen LogP contribution is 2.02. The average molecular weight is 181 g/mol. The summed E-state index contributed by atoms with van der Waals surface area (Å²) in [6.45, 7) is 0. The molecule has 0 heterocycles. The Morgan fingerprint density at radius 1 is 1.33 bits per heavy atom. The fourth-order valence-electron chi connectivity index (χ4n) is 0.778. The summed E-state index contributed by atoms with van der Waals surface area (Å²) in [6, 6.07) is 6.28. The molecule has 62 valence electrons. The lowest BCUT2D eigenvalue weighted by atomic mass is 10.1. The summed E-state index contributed by atoms with van der Waals surface area (Å²) in [5, 5.41) is 0. The fraction of sp³-hybridized carbons (Fsp3) is 0. The van der Waals surface area contributed by atoms with Crippen LogP contribution in [0.15, 0.2) is 24.3 Å². The van der Waals surface area contributed by atoms with Crippen LogP contribution in [-0.4, -0.2) is 12.2 Å². The molecule has 0 aromatic heterocycles. The van der Waals surface area contributed by atoms with Crippen molar-refractivity contribution in [2.45, 2.75) is 0 Å². The number of hydrogen-bond donors (Lipinski definition) is 2. The van der Waals surface area contributed by atoms with E-state index in [1.807, 2.05) is 0 Å². The molecule has 4 heteroatoms. The van der Waals surface area contributed by atoms with Gasteiger partial charge in [0, 0.05) is 11.1 Å². The van der Waals surface area contributed by atoms with Crippen molar-refractivity contribution < 1.29 is 9.59 Å². The predicted molar refractivity (Wildman–Crippen MR) is 48.3 cm³/mol. The number of rotatable bonds is 2. The molecule has 1 aromatic carbocycles. The van der Waals surface area contributed by atoms with Gasteiger partial charge in [-0.25, -0.2) is 0 Å². The number of carbonyl (C=O) groups excluding carboxylic acids is 2. The molecule has 3 nitrogen and oxygen atoms in total. The molecule has 1 rings (SSSR count). The van der Waals surface area contributed by atoms with Gasteiger partial charge >= 0.3 is 0 Å². The van der Waals surface area contributed by atoms with Crippen molar-refractivity contribution in [2.24, 2.45) is 0 Å². The van der Waals surface area contributed by atoms with Gasteiger partial charge < -0.3 is 0 Å². The first-order valence-electron chi connectivity index (χ1n) is 3.27. The van der Waals surface area contributed by atoms with Crippen LogP contribution in [0.25, 0.3) is 0 Å². The van der Waals surface area contributed by atoms with Crippen LogP contribution in [0.1, 0.15) is 20.7 Å². The highest BCUT2D eigenvalue weighted by atomic mass is 32.1. The molecule has 1 N–H and O–H groups in total. The fourth-order valence-corrected chi connectivity index (χ4v) is 0.907. The summed E-state index contributed by atoms with van der Waals surface area (Å²) in [5.41, 5.74) is 1.03. The second kappa shape index (κ2) is 3.92. The van der Waals surface area contributed by atoms with E-state index in [-0.39, 0.29) is 5.91 Å². The maximum atomic E-state index is 10.9. The Morgan fingerprint density at radius 2 is 1.92 bits per heavy atom. The van der Waals surface area contributed by atoms with Crippen molar-refractivity contribution in [3.8, 4) is 0 Å². The van der Waals surface area contributed by atoms with E-state index >= 15 is 0 Å². The van der Waals surface area contributed by atoms with Gasteiger partial charge in [-0.05, 0) is 12.1 Å². The molecule has 0 fully saturated rings. The van der Waals surface area contributed by atoms with Gasteiger partial charge in [-0.3, -0.25) is 14.3 Å². The summed E-state index contributed by atoms with van der Waals surface area (Å²) in [4.78, 5) is 21.2. The van der Waals surface area contributed by atoms with Crippen molar-refractivity contribution in [1.29, 1.82) is 0 Å². The summed E-state index contributed by atoms with van der Waals surface area (Å²) in [7, 11) is 0.